The normalized spacial score (nSPS) is 15.5. The number of aryl methyl sites for hydroxylation is 1. The first-order chi connectivity index (χ1) is 17.7. The number of hydrogen-bond acceptors (Lipinski definition) is 9. The number of carbonyl (C=O) groups is 2. The minimum atomic E-state index is -0.757. The van der Waals surface area contributed by atoms with Crippen LogP contribution in [0.5, 0.6) is 0 Å². The predicted molar refractivity (Wildman–Crippen MR) is 139 cm³/mol. The quantitative estimate of drug-likeness (QED) is 0.426. The summed E-state index contributed by atoms with van der Waals surface area (Å²) in [4.78, 5) is 33.3. The van der Waals surface area contributed by atoms with Crippen molar-refractivity contribution in [1.29, 1.82) is 0 Å². The minimum absolute atomic E-state index is 0.144. The van der Waals surface area contributed by atoms with Gasteiger partial charge in [-0.3, -0.25) is 14.5 Å². The summed E-state index contributed by atoms with van der Waals surface area (Å²) in [7, 11) is 0. The van der Waals surface area contributed by atoms with Crippen molar-refractivity contribution >= 4 is 23.2 Å². The number of tetrazole rings is 1. The van der Waals surface area contributed by atoms with Gasteiger partial charge in [0.05, 0.1) is 13.2 Å². The Balaban J connectivity index is 1.54. The number of aromatic nitrogens is 4. The standard InChI is InChI=1S/C25H35N7O4S/c1-18-8-9-19(36-18)23-27-29-32(28-23)17-21(33)31(11-6-10-30-12-14-35-15-13-30)22(20-7-5-16-37-20)24(34)26-25(2,3)4/h5,7-9,16,22H,6,10-15,17H2,1-4H3,(H,26,34)/t22-/m0/s1. The van der Waals surface area contributed by atoms with E-state index >= 15 is 0 Å². The molecule has 2 amide bonds. The van der Waals surface area contributed by atoms with Crippen LogP contribution >= 0.6 is 11.3 Å². The molecule has 0 aliphatic carbocycles. The molecule has 12 heteroatoms. The van der Waals surface area contributed by atoms with E-state index in [1.54, 1.807) is 11.0 Å². The topological polar surface area (TPSA) is 119 Å². The number of nitrogens with zero attached hydrogens (tertiary/aromatic N) is 6. The lowest BCUT2D eigenvalue weighted by atomic mass is 10.1. The molecule has 0 saturated carbocycles. The molecule has 3 aromatic heterocycles. The van der Waals surface area contributed by atoms with E-state index in [-0.39, 0.29) is 18.4 Å². The highest BCUT2D eigenvalue weighted by Crippen LogP contribution is 2.27. The number of nitrogens with one attached hydrogen (secondary N) is 1. The first-order valence-corrected chi connectivity index (χ1v) is 13.4. The van der Waals surface area contributed by atoms with Crippen molar-refractivity contribution < 1.29 is 18.7 Å². The molecule has 0 spiro atoms. The molecule has 4 heterocycles. The maximum atomic E-state index is 13.7. The summed E-state index contributed by atoms with van der Waals surface area (Å²) in [6.45, 7) is 11.9. The fraction of sp³-hybridized carbons (Fsp3) is 0.560. The van der Waals surface area contributed by atoms with E-state index in [9.17, 15) is 9.59 Å². The number of thiophene rings is 1. The fourth-order valence-electron chi connectivity index (χ4n) is 4.17. The number of amides is 2. The minimum Gasteiger partial charge on any atom is -0.458 e. The summed E-state index contributed by atoms with van der Waals surface area (Å²) in [5, 5.41) is 17.4. The Morgan fingerprint density at radius 3 is 2.65 bits per heavy atom. The first-order valence-electron chi connectivity index (χ1n) is 12.5. The van der Waals surface area contributed by atoms with E-state index in [0.29, 0.717) is 31.3 Å². The van der Waals surface area contributed by atoms with Crippen molar-refractivity contribution in [2.75, 3.05) is 39.4 Å². The van der Waals surface area contributed by atoms with E-state index in [1.165, 1.54) is 16.1 Å². The summed E-state index contributed by atoms with van der Waals surface area (Å²) in [6, 6.07) is 6.61. The maximum Gasteiger partial charge on any atom is 0.248 e. The van der Waals surface area contributed by atoms with Crippen molar-refractivity contribution in [2.45, 2.75) is 52.2 Å². The lowest BCUT2D eigenvalue weighted by molar-refractivity contribution is -0.142. The first kappa shape index (κ1) is 27.0. The van der Waals surface area contributed by atoms with Crippen LogP contribution in [0.25, 0.3) is 11.6 Å². The Morgan fingerprint density at radius 1 is 1.22 bits per heavy atom. The van der Waals surface area contributed by atoms with Crippen LogP contribution in [0.15, 0.2) is 34.1 Å². The van der Waals surface area contributed by atoms with Crippen molar-refractivity contribution in [3.8, 4) is 11.6 Å². The van der Waals surface area contributed by atoms with Crippen LogP contribution in [0, 0.1) is 6.92 Å². The zero-order chi connectivity index (χ0) is 26.4. The second-order valence-electron chi connectivity index (χ2n) is 10.1. The van der Waals surface area contributed by atoms with Crippen molar-refractivity contribution in [2.24, 2.45) is 0 Å². The summed E-state index contributed by atoms with van der Waals surface area (Å²) in [5.74, 6) is 1.05. The molecule has 37 heavy (non-hydrogen) atoms. The second-order valence-corrected chi connectivity index (χ2v) is 11.1. The molecular formula is C25H35N7O4S. The molecule has 11 nitrogen and oxygen atoms in total. The van der Waals surface area contributed by atoms with Crippen LogP contribution in [0.1, 0.15) is 43.9 Å². The summed E-state index contributed by atoms with van der Waals surface area (Å²) in [6.07, 6.45) is 0.720. The van der Waals surface area contributed by atoms with Gasteiger partial charge in [0.1, 0.15) is 18.3 Å². The highest BCUT2D eigenvalue weighted by molar-refractivity contribution is 7.10. The Bertz CT molecular complexity index is 1160. The molecule has 4 rings (SSSR count). The molecule has 0 radical (unpaired) electrons. The van der Waals surface area contributed by atoms with E-state index in [4.69, 9.17) is 9.15 Å². The van der Waals surface area contributed by atoms with Gasteiger partial charge in [-0.05, 0) is 62.9 Å². The SMILES string of the molecule is Cc1ccc(-c2nnn(CC(=O)N(CCCN3CCOCC3)[C@H](C(=O)NC(C)(C)C)c3cccs3)n2)o1. The molecule has 1 saturated heterocycles. The molecule has 1 N–H and O–H groups in total. The van der Waals surface area contributed by atoms with Crippen LogP contribution in [-0.4, -0.2) is 86.8 Å². The Morgan fingerprint density at radius 2 is 2.00 bits per heavy atom. The number of carbonyl (C=O) groups excluding carboxylic acids is 2. The number of furan rings is 1. The molecule has 1 aliphatic heterocycles. The molecule has 1 atom stereocenters. The third kappa shape index (κ3) is 7.46. The fourth-order valence-corrected chi connectivity index (χ4v) is 5.01. The van der Waals surface area contributed by atoms with Crippen LogP contribution in [0.4, 0.5) is 0 Å². The summed E-state index contributed by atoms with van der Waals surface area (Å²) in [5.41, 5.74) is -0.446. The molecule has 0 unspecified atom stereocenters. The number of rotatable bonds is 10. The largest absolute Gasteiger partial charge is 0.458 e. The average molecular weight is 530 g/mol. The highest BCUT2D eigenvalue weighted by atomic mass is 32.1. The number of ether oxygens (including phenoxy) is 1. The zero-order valence-electron chi connectivity index (χ0n) is 21.8. The second kappa shape index (κ2) is 12.0. The van der Waals surface area contributed by atoms with Crippen molar-refractivity contribution in [3.05, 3.63) is 40.3 Å². The number of morpholine rings is 1. The van der Waals surface area contributed by atoms with Gasteiger partial charge in [-0.2, -0.15) is 4.80 Å². The van der Waals surface area contributed by atoms with E-state index in [1.807, 2.05) is 51.3 Å². The average Bonchev–Trinajstić information content (AvgIpc) is 3.60. The van der Waals surface area contributed by atoms with Gasteiger partial charge in [-0.25, -0.2) is 0 Å². The van der Waals surface area contributed by atoms with Gasteiger partial charge in [-0.15, -0.1) is 21.5 Å². The molecule has 3 aromatic rings. The van der Waals surface area contributed by atoms with Gasteiger partial charge in [0.2, 0.25) is 17.6 Å². The van der Waals surface area contributed by atoms with Gasteiger partial charge < -0.3 is 19.4 Å². The van der Waals surface area contributed by atoms with Crippen LogP contribution in [0.2, 0.25) is 0 Å². The molecule has 0 aromatic carbocycles. The van der Waals surface area contributed by atoms with Crippen LogP contribution in [-0.2, 0) is 20.9 Å². The summed E-state index contributed by atoms with van der Waals surface area (Å²) >= 11 is 1.46. The number of hydrogen-bond donors (Lipinski definition) is 1. The monoisotopic (exact) mass is 529 g/mol. The Labute approximate surface area is 220 Å². The highest BCUT2D eigenvalue weighted by Gasteiger charge is 2.34. The molecule has 1 aliphatic rings. The third-order valence-electron chi connectivity index (χ3n) is 5.86. The lowest BCUT2D eigenvalue weighted by Crippen LogP contribution is -2.50. The predicted octanol–water partition coefficient (Wildman–Crippen LogP) is 2.51. The van der Waals surface area contributed by atoms with Gasteiger partial charge in [0.25, 0.3) is 0 Å². The zero-order valence-corrected chi connectivity index (χ0v) is 22.7. The van der Waals surface area contributed by atoms with Gasteiger partial charge in [-0.1, -0.05) is 6.07 Å². The molecule has 0 bridgehead atoms. The lowest BCUT2D eigenvalue weighted by Gasteiger charge is -2.34. The Kier molecular flexibility index (Phi) is 8.72. The van der Waals surface area contributed by atoms with E-state index < -0.39 is 11.6 Å². The van der Waals surface area contributed by atoms with Crippen LogP contribution < -0.4 is 5.32 Å². The Hall–Kier alpha value is -3.09. The smallest absolute Gasteiger partial charge is 0.248 e. The molecule has 1 fully saturated rings. The van der Waals surface area contributed by atoms with Gasteiger partial charge >= 0.3 is 0 Å². The maximum absolute atomic E-state index is 13.7. The third-order valence-corrected chi connectivity index (χ3v) is 6.78. The van der Waals surface area contributed by atoms with E-state index in [0.717, 1.165) is 36.7 Å². The van der Waals surface area contributed by atoms with Crippen molar-refractivity contribution in [1.82, 2.24) is 35.3 Å². The van der Waals surface area contributed by atoms with Gasteiger partial charge in [0, 0.05) is 36.6 Å². The molecule has 200 valence electrons. The van der Waals surface area contributed by atoms with Crippen LogP contribution in [0.3, 0.4) is 0 Å². The summed E-state index contributed by atoms with van der Waals surface area (Å²) < 4.78 is 11.0. The van der Waals surface area contributed by atoms with Crippen molar-refractivity contribution in [3.63, 3.8) is 0 Å². The molecular weight excluding hydrogens is 494 g/mol. The van der Waals surface area contributed by atoms with Gasteiger partial charge in [0.15, 0.2) is 5.76 Å². The van der Waals surface area contributed by atoms with E-state index in [2.05, 4.69) is 25.6 Å².